The number of aromatic nitrogens is 4. The lowest BCUT2D eigenvalue weighted by molar-refractivity contribution is 0.0336. The maximum atomic E-state index is 5.40. The third kappa shape index (κ3) is 4.33. The topological polar surface area (TPSA) is 73.4 Å². The van der Waals surface area contributed by atoms with Gasteiger partial charge in [-0.2, -0.15) is 5.10 Å². The highest BCUT2D eigenvalue weighted by atomic mass is 16.5. The van der Waals surface area contributed by atoms with Crippen molar-refractivity contribution in [3.05, 3.63) is 35.9 Å². The molecule has 0 radical (unpaired) electrons. The van der Waals surface area contributed by atoms with Gasteiger partial charge in [0.05, 0.1) is 18.9 Å². The summed E-state index contributed by atoms with van der Waals surface area (Å²) in [7, 11) is 0. The summed E-state index contributed by atoms with van der Waals surface area (Å²) < 4.78 is 5.40. The second kappa shape index (κ2) is 7.90. The van der Waals surface area contributed by atoms with Crippen LogP contribution in [0.3, 0.4) is 0 Å². The van der Waals surface area contributed by atoms with Crippen LogP contribution in [0.15, 0.2) is 24.5 Å². The van der Waals surface area contributed by atoms with Crippen molar-refractivity contribution >= 4 is 5.95 Å². The summed E-state index contributed by atoms with van der Waals surface area (Å²) in [5.74, 6) is 0.828. The lowest BCUT2D eigenvalue weighted by atomic mass is 10.2. The van der Waals surface area contributed by atoms with Crippen molar-refractivity contribution in [3.63, 3.8) is 0 Å². The minimum absolute atomic E-state index is 0.828. The predicted octanol–water partition coefficient (Wildman–Crippen LogP) is 0.354. The molecule has 0 saturated carbocycles. The lowest BCUT2D eigenvalue weighted by Gasteiger charge is -2.34. The molecule has 25 heavy (non-hydrogen) atoms. The van der Waals surface area contributed by atoms with Crippen LogP contribution in [0.5, 0.6) is 0 Å². The summed E-state index contributed by atoms with van der Waals surface area (Å²) in [6.07, 6.45) is 3.60. The van der Waals surface area contributed by atoms with E-state index >= 15 is 0 Å². The highest BCUT2D eigenvalue weighted by molar-refractivity contribution is 5.29. The Kier molecular flexibility index (Phi) is 5.19. The van der Waals surface area contributed by atoms with Crippen LogP contribution < -0.4 is 4.90 Å². The second-order valence-electron chi connectivity index (χ2n) is 6.59. The van der Waals surface area contributed by atoms with E-state index in [0.717, 1.165) is 77.2 Å². The number of nitrogens with one attached hydrogen (secondary N) is 1. The first-order valence-electron chi connectivity index (χ1n) is 8.94. The molecular weight excluding hydrogens is 318 g/mol. The minimum Gasteiger partial charge on any atom is -0.379 e. The molecule has 0 atom stereocenters. The molecule has 1 N–H and O–H groups in total. The van der Waals surface area contributed by atoms with Crippen molar-refractivity contribution in [1.29, 1.82) is 0 Å². The monoisotopic (exact) mass is 343 g/mol. The normalized spacial score (nSPS) is 20.1. The molecule has 2 aromatic rings. The number of anilines is 1. The fourth-order valence-electron chi connectivity index (χ4n) is 3.36. The first-order valence-corrected chi connectivity index (χ1v) is 8.94. The van der Waals surface area contributed by atoms with Crippen LogP contribution in [0.2, 0.25) is 0 Å². The van der Waals surface area contributed by atoms with E-state index < -0.39 is 0 Å². The Bertz CT molecular complexity index is 648. The van der Waals surface area contributed by atoms with Gasteiger partial charge in [-0.1, -0.05) is 0 Å². The van der Waals surface area contributed by atoms with E-state index in [2.05, 4.69) is 40.9 Å². The molecule has 2 aromatic heterocycles. The molecule has 4 rings (SSSR count). The van der Waals surface area contributed by atoms with Crippen LogP contribution in [-0.2, 0) is 17.8 Å². The summed E-state index contributed by atoms with van der Waals surface area (Å²) in [6.45, 7) is 9.39. The number of morpholine rings is 1. The van der Waals surface area contributed by atoms with Gasteiger partial charge in [0.1, 0.15) is 0 Å². The Morgan fingerprint density at radius 1 is 0.920 bits per heavy atom. The summed E-state index contributed by atoms with van der Waals surface area (Å²) in [4.78, 5) is 15.8. The van der Waals surface area contributed by atoms with Crippen LogP contribution in [0.1, 0.15) is 11.4 Å². The predicted molar refractivity (Wildman–Crippen MR) is 94.2 cm³/mol. The van der Waals surface area contributed by atoms with Crippen molar-refractivity contribution in [1.82, 2.24) is 30.0 Å². The molecule has 2 fully saturated rings. The van der Waals surface area contributed by atoms with E-state index in [0.29, 0.717) is 0 Å². The summed E-state index contributed by atoms with van der Waals surface area (Å²) in [6, 6.07) is 4.05. The van der Waals surface area contributed by atoms with Gasteiger partial charge in [0, 0.05) is 70.4 Å². The number of piperazine rings is 1. The lowest BCUT2D eigenvalue weighted by Crippen LogP contribution is -2.46. The molecule has 0 spiro atoms. The molecule has 0 aliphatic carbocycles. The average molecular weight is 343 g/mol. The van der Waals surface area contributed by atoms with Crippen molar-refractivity contribution in [2.45, 2.75) is 13.1 Å². The molecule has 0 unspecified atom stereocenters. The van der Waals surface area contributed by atoms with Gasteiger partial charge in [-0.15, -0.1) is 0 Å². The van der Waals surface area contributed by atoms with Crippen LogP contribution in [0.25, 0.3) is 0 Å². The average Bonchev–Trinajstić information content (AvgIpc) is 3.11. The van der Waals surface area contributed by atoms with E-state index in [1.807, 2.05) is 6.07 Å². The fraction of sp³-hybridized carbons (Fsp3) is 0.588. The smallest absolute Gasteiger partial charge is 0.225 e. The van der Waals surface area contributed by atoms with Gasteiger partial charge in [0.15, 0.2) is 0 Å². The Morgan fingerprint density at radius 3 is 2.40 bits per heavy atom. The summed E-state index contributed by atoms with van der Waals surface area (Å²) in [5, 5.41) is 7.68. The molecule has 4 heterocycles. The van der Waals surface area contributed by atoms with Gasteiger partial charge >= 0.3 is 0 Å². The highest BCUT2D eigenvalue weighted by Gasteiger charge is 2.20. The van der Waals surface area contributed by atoms with Gasteiger partial charge in [0.2, 0.25) is 5.95 Å². The molecule has 0 aromatic carbocycles. The third-order valence-corrected chi connectivity index (χ3v) is 4.77. The van der Waals surface area contributed by atoms with E-state index in [1.54, 1.807) is 12.4 Å². The Hall–Kier alpha value is -2.03. The number of nitrogens with zero attached hydrogens (tertiary/aromatic N) is 6. The largest absolute Gasteiger partial charge is 0.379 e. The third-order valence-electron chi connectivity index (χ3n) is 4.77. The number of aromatic amines is 1. The van der Waals surface area contributed by atoms with Crippen molar-refractivity contribution in [3.8, 4) is 0 Å². The molecule has 0 bridgehead atoms. The molecule has 8 heteroatoms. The van der Waals surface area contributed by atoms with Gasteiger partial charge in [-0.05, 0) is 12.1 Å². The van der Waals surface area contributed by atoms with E-state index in [1.165, 1.54) is 5.69 Å². The number of ether oxygens (including phenoxy) is 1. The van der Waals surface area contributed by atoms with Gasteiger partial charge < -0.3 is 9.64 Å². The van der Waals surface area contributed by atoms with Crippen molar-refractivity contribution in [2.75, 3.05) is 57.4 Å². The maximum absolute atomic E-state index is 5.40. The van der Waals surface area contributed by atoms with Gasteiger partial charge in [-0.25, -0.2) is 9.97 Å². The molecule has 2 saturated heterocycles. The molecule has 0 amide bonds. The Morgan fingerprint density at radius 2 is 1.64 bits per heavy atom. The minimum atomic E-state index is 0.828. The number of hydrogen-bond acceptors (Lipinski definition) is 7. The Balaban J connectivity index is 1.26. The van der Waals surface area contributed by atoms with Crippen LogP contribution in [0.4, 0.5) is 5.95 Å². The zero-order valence-corrected chi connectivity index (χ0v) is 14.5. The fourth-order valence-corrected chi connectivity index (χ4v) is 3.36. The second-order valence-corrected chi connectivity index (χ2v) is 6.59. The maximum Gasteiger partial charge on any atom is 0.225 e. The molecule has 2 aliphatic heterocycles. The summed E-state index contributed by atoms with van der Waals surface area (Å²) >= 11 is 0. The number of H-pyrrole nitrogens is 1. The summed E-state index contributed by atoms with van der Waals surface area (Å²) in [5.41, 5.74) is 2.31. The first kappa shape index (κ1) is 16.4. The SMILES string of the molecule is c1cnc(N2CCN(Cc3cc(CN4CCOCC4)[nH]n3)CC2)nc1. The highest BCUT2D eigenvalue weighted by Crippen LogP contribution is 2.13. The molecule has 134 valence electrons. The van der Waals surface area contributed by atoms with Gasteiger partial charge in [-0.3, -0.25) is 14.9 Å². The van der Waals surface area contributed by atoms with Crippen LogP contribution in [0, 0.1) is 0 Å². The molecular formula is C17H25N7O. The molecule has 2 aliphatic rings. The van der Waals surface area contributed by atoms with Crippen LogP contribution >= 0.6 is 0 Å². The standard InChI is InChI=1S/C17H25N7O/c1-2-18-17(19-3-1)24-6-4-22(5-7-24)13-15-12-16(21-20-15)14-23-8-10-25-11-9-23/h1-3,12H,4-11,13-14H2,(H,20,21). The van der Waals surface area contributed by atoms with E-state index in [-0.39, 0.29) is 0 Å². The number of hydrogen-bond donors (Lipinski definition) is 1. The Labute approximate surface area is 147 Å². The zero-order chi connectivity index (χ0) is 16.9. The number of rotatable bonds is 5. The van der Waals surface area contributed by atoms with Gasteiger partial charge in [0.25, 0.3) is 0 Å². The zero-order valence-electron chi connectivity index (χ0n) is 14.5. The molecule has 8 nitrogen and oxygen atoms in total. The van der Waals surface area contributed by atoms with Crippen molar-refractivity contribution < 1.29 is 4.74 Å². The van der Waals surface area contributed by atoms with Crippen LogP contribution in [-0.4, -0.2) is 82.4 Å². The van der Waals surface area contributed by atoms with Crippen molar-refractivity contribution in [2.24, 2.45) is 0 Å². The first-order chi connectivity index (χ1) is 12.4. The quantitative estimate of drug-likeness (QED) is 0.840. The van der Waals surface area contributed by atoms with E-state index in [9.17, 15) is 0 Å². The van der Waals surface area contributed by atoms with E-state index in [4.69, 9.17) is 4.74 Å².